The highest BCUT2D eigenvalue weighted by Gasteiger charge is 2.51. The van der Waals surface area contributed by atoms with Gasteiger partial charge in [0.2, 0.25) is 0 Å². The van der Waals surface area contributed by atoms with Crippen molar-refractivity contribution in [2.45, 2.75) is 89.1 Å². The fourth-order valence-corrected chi connectivity index (χ4v) is 8.60. The molecule has 2 nitrogen and oxygen atoms in total. The van der Waals surface area contributed by atoms with Crippen molar-refractivity contribution >= 4 is 8.56 Å². The molecule has 2 aliphatic carbocycles. The summed E-state index contributed by atoms with van der Waals surface area (Å²) in [7, 11) is -2.17. The van der Waals surface area contributed by atoms with Crippen LogP contribution in [0.1, 0.15) is 78.1 Å². The molecule has 0 radical (unpaired) electrons. The van der Waals surface area contributed by atoms with Crippen LogP contribution in [0.25, 0.3) is 0 Å². The van der Waals surface area contributed by atoms with Gasteiger partial charge in [-0.15, -0.1) is 0 Å². The van der Waals surface area contributed by atoms with Gasteiger partial charge in [0.25, 0.3) is 0 Å². The zero-order chi connectivity index (χ0) is 16.4. The lowest BCUT2D eigenvalue weighted by atomic mass is 10.1. The zero-order valence-corrected chi connectivity index (χ0v) is 16.3. The highest BCUT2D eigenvalue weighted by Crippen LogP contribution is 2.47. The van der Waals surface area contributed by atoms with E-state index in [0.29, 0.717) is 11.1 Å². The van der Waals surface area contributed by atoms with Crippen molar-refractivity contribution in [2.75, 3.05) is 13.2 Å². The predicted octanol–water partition coefficient (Wildman–Crippen LogP) is 6.28. The molecule has 0 spiro atoms. The Kier molecular flexibility index (Phi) is 8.63. The van der Waals surface area contributed by atoms with Gasteiger partial charge in [-0.05, 0) is 51.4 Å². The maximum atomic E-state index is 6.74. The van der Waals surface area contributed by atoms with Crippen molar-refractivity contribution in [3.63, 3.8) is 0 Å². The van der Waals surface area contributed by atoms with Crippen LogP contribution in [0.4, 0.5) is 0 Å². The molecule has 0 saturated heterocycles. The maximum absolute atomic E-state index is 6.74. The van der Waals surface area contributed by atoms with Crippen LogP contribution >= 0.6 is 0 Å². The van der Waals surface area contributed by atoms with Gasteiger partial charge in [-0.1, -0.05) is 51.0 Å². The molecule has 2 atom stereocenters. The molecule has 0 aliphatic heterocycles. The van der Waals surface area contributed by atoms with Gasteiger partial charge < -0.3 is 8.85 Å². The molecule has 0 aromatic rings. The van der Waals surface area contributed by atoms with E-state index in [1.807, 2.05) is 0 Å². The van der Waals surface area contributed by atoms with Crippen LogP contribution in [0.5, 0.6) is 0 Å². The highest BCUT2D eigenvalue weighted by molar-refractivity contribution is 6.70. The molecular weight excluding hydrogens is 300 g/mol. The van der Waals surface area contributed by atoms with Gasteiger partial charge in [0.15, 0.2) is 0 Å². The van der Waals surface area contributed by atoms with E-state index < -0.39 is 8.56 Å². The number of rotatable bonds is 10. The van der Waals surface area contributed by atoms with Gasteiger partial charge in [0.05, 0.1) is 0 Å². The summed E-state index contributed by atoms with van der Waals surface area (Å²) >= 11 is 0. The largest absolute Gasteiger partial charge is 0.394 e. The lowest BCUT2D eigenvalue weighted by Gasteiger charge is -2.44. The van der Waals surface area contributed by atoms with Crippen LogP contribution in [-0.4, -0.2) is 21.8 Å². The summed E-state index contributed by atoms with van der Waals surface area (Å²) in [4.78, 5) is 0. The molecule has 132 valence electrons. The molecule has 2 aliphatic rings. The second kappa shape index (κ2) is 10.5. The fourth-order valence-electron chi connectivity index (χ4n) is 3.92. The minimum Gasteiger partial charge on any atom is -0.394 e. The summed E-state index contributed by atoms with van der Waals surface area (Å²) in [6, 6.07) is 0. The van der Waals surface area contributed by atoms with E-state index in [0.717, 1.165) is 26.1 Å². The molecule has 2 unspecified atom stereocenters. The summed E-state index contributed by atoms with van der Waals surface area (Å²) in [5.41, 5.74) is 1.30. The molecule has 2 rings (SSSR count). The molecular formula is C20H36O2Si. The Morgan fingerprint density at radius 3 is 1.61 bits per heavy atom. The number of unbranched alkanes of at least 4 members (excludes halogenated alkanes) is 2. The number of hydrogen-bond donors (Lipinski definition) is 0. The fraction of sp³-hybridized carbons (Fsp3) is 0.800. The van der Waals surface area contributed by atoms with Gasteiger partial charge in [0, 0.05) is 24.3 Å². The molecule has 0 heterocycles. The standard InChI is InChI=1S/C20H36O2Si/c1-3-5-17-21-23(22-18-6-4-2,19-13-9-7-10-14-19)20-15-11-8-12-16-20/h7-9,11,19-20H,3-6,10,12-18H2,1-2H3. The van der Waals surface area contributed by atoms with Crippen LogP contribution < -0.4 is 0 Å². The van der Waals surface area contributed by atoms with E-state index in [1.54, 1.807) is 0 Å². The van der Waals surface area contributed by atoms with Gasteiger partial charge in [-0.3, -0.25) is 0 Å². The van der Waals surface area contributed by atoms with E-state index >= 15 is 0 Å². The highest BCUT2D eigenvalue weighted by atomic mass is 28.4. The molecule has 0 bridgehead atoms. The first-order chi connectivity index (χ1) is 11.3. The minimum absolute atomic E-state index is 0.651. The average molecular weight is 337 g/mol. The zero-order valence-electron chi connectivity index (χ0n) is 15.3. The van der Waals surface area contributed by atoms with Crippen LogP contribution in [0, 0.1) is 0 Å². The monoisotopic (exact) mass is 336 g/mol. The number of allylic oxidation sites excluding steroid dienone is 4. The Bertz CT molecular complexity index is 342. The van der Waals surface area contributed by atoms with E-state index in [1.165, 1.54) is 51.4 Å². The SMILES string of the molecule is CCCCO[Si](OCCCC)(C1CC=CCC1)C1CC=CCC1. The van der Waals surface area contributed by atoms with Crippen LogP contribution in [0.2, 0.25) is 11.1 Å². The van der Waals surface area contributed by atoms with E-state index in [4.69, 9.17) is 8.85 Å². The first-order valence-corrected chi connectivity index (χ1v) is 11.9. The first-order valence-electron chi connectivity index (χ1n) is 9.91. The van der Waals surface area contributed by atoms with Gasteiger partial charge in [0.1, 0.15) is 0 Å². The van der Waals surface area contributed by atoms with E-state index in [2.05, 4.69) is 38.2 Å². The van der Waals surface area contributed by atoms with Crippen molar-refractivity contribution in [2.24, 2.45) is 0 Å². The molecule has 0 N–H and O–H groups in total. The van der Waals surface area contributed by atoms with Gasteiger partial charge in [-0.25, -0.2) is 0 Å². The van der Waals surface area contributed by atoms with E-state index in [9.17, 15) is 0 Å². The lowest BCUT2D eigenvalue weighted by molar-refractivity contribution is 0.139. The summed E-state index contributed by atoms with van der Waals surface area (Å²) in [6.07, 6.45) is 21.5. The Hall–Kier alpha value is -0.383. The van der Waals surface area contributed by atoms with E-state index in [-0.39, 0.29) is 0 Å². The average Bonchev–Trinajstić information content (AvgIpc) is 2.62. The van der Waals surface area contributed by atoms with Crippen molar-refractivity contribution in [1.29, 1.82) is 0 Å². The van der Waals surface area contributed by atoms with Crippen molar-refractivity contribution in [3.05, 3.63) is 24.3 Å². The maximum Gasteiger partial charge on any atom is 0.345 e. The van der Waals surface area contributed by atoms with Crippen molar-refractivity contribution in [1.82, 2.24) is 0 Å². The minimum atomic E-state index is -2.17. The molecule has 23 heavy (non-hydrogen) atoms. The Labute approximate surface area is 144 Å². The molecule has 0 aromatic heterocycles. The second-order valence-corrected chi connectivity index (χ2v) is 10.7. The molecule has 0 saturated carbocycles. The van der Waals surface area contributed by atoms with Crippen LogP contribution in [0.3, 0.4) is 0 Å². The van der Waals surface area contributed by atoms with Crippen LogP contribution in [-0.2, 0) is 8.85 Å². The second-order valence-electron chi connectivity index (χ2n) is 7.09. The summed E-state index contributed by atoms with van der Waals surface area (Å²) in [6.45, 7) is 6.29. The third kappa shape index (κ3) is 5.30. The Balaban J connectivity index is 2.17. The summed E-state index contributed by atoms with van der Waals surface area (Å²) in [5.74, 6) is 0. The smallest absolute Gasteiger partial charge is 0.345 e. The predicted molar refractivity (Wildman–Crippen MR) is 101 cm³/mol. The van der Waals surface area contributed by atoms with Gasteiger partial charge >= 0.3 is 8.56 Å². The molecule has 0 fully saturated rings. The third-order valence-electron chi connectivity index (χ3n) is 5.33. The molecule has 0 aromatic carbocycles. The normalized spacial score (nSPS) is 25.0. The lowest BCUT2D eigenvalue weighted by Crippen LogP contribution is -2.52. The molecule has 3 heteroatoms. The van der Waals surface area contributed by atoms with Crippen molar-refractivity contribution < 1.29 is 8.85 Å². The van der Waals surface area contributed by atoms with Gasteiger partial charge in [-0.2, -0.15) is 0 Å². The first kappa shape index (κ1) is 18.9. The Morgan fingerprint density at radius 2 is 1.26 bits per heavy atom. The topological polar surface area (TPSA) is 18.5 Å². The number of hydrogen-bond acceptors (Lipinski definition) is 2. The van der Waals surface area contributed by atoms with Crippen LogP contribution in [0.15, 0.2) is 24.3 Å². The van der Waals surface area contributed by atoms with Crippen molar-refractivity contribution in [3.8, 4) is 0 Å². The quantitative estimate of drug-likeness (QED) is 0.265. The Morgan fingerprint density at radius 1 is 0.783 bits per heavy atom. The third-order valence-corrected chi connectivity index (χ3v) is 9.96. The molecule has 0 amide bonds. The summed E-state index contributed by atoms with van der Waals surface area (Å²) < 4.78 is 13.5. The summed E-state index contributed by atoms with van der Waals surface area (Å²) in [5, 5.41) is 0.